The molecule has 7 heteroatoms. The van der Waals surface area contributed by atoms with E-state index in [2.05, 4.69) is 4.72 Å². The predicted molar refractivity (Wildman–Crippen MR) is 70.2 cm³/mol. The largest absolute Gasteiger partial charge is 0.469 e. The molecule has 2 heterocycles. The molecule has 1 aliphatic heterocycles. The third-order valence-electron chi connectivity index (χ3n) is 2.90. The summed E-state index contributed by atoms with van der Waals surface area (Å²) in [6.45, 7) is 0.384. The zero-order valence-electron chi connectivity index (χ0n) is 10.5. The van der Waals surface area contributed by atoms with E-state index >= 15 is 0 Å². The van der Waals surface area contributed by atoms with Gasteiger partial charge < -0.3 is 13.9 Å². The van der Waals surface area contributed by atoms with Crippen molar-refractivity contribution >= 4 is 10.0 Å². The lowest BCUT2D eigenvalue weighted by molar-refractivity contribution is 0.174. The van der Waals surface area contributed by atoms with Gasteiger partial charge in [-0.1, -0.05) is 0 Å². The number of sulfonamides is 1. The minimum Gasteiger partial charge on any atom is -0.469 e. The van der Waals surface area contributed by atoms with E-state index in [9.17, 15) is 8.42 Å². The Balaban J connectivity index is 1.68. The van der Waals surface area contributed by atoms with Crippen molar-refractivity contribution in [3.8, 4) is 11.5 Å². The van der Waals surface area contributed by atoms with Gasteiger partial charge in [-0.25, -0.2) is 13.1 Å². The molecule has 20 heavy (non-hydrogen) atoms. The summed E-state index contributed by atoms with van der Waals surface area (Å²) in [5, 5.41) is 0. The Morgan fingerprint density at radius 2 is 2.00 bits per heavy atom. The zero-order valence-corrected chi connectivity index (χ0v) is 11.4. The van der Waals surface area contributed by atoms with Gasteiger partial charge in [0.1, 0.15) is 5.76 Å². The highest BCUT2D eigenvalue weighted by Crippen LogP contribution is 2.33. The second-order valence-electron chi connectivity index (χ2n) is 4.24. The Hall–Kier alpha value is -1.99. The van der Waals surface area contributed by atoms with Crippen LogP contribution in [0.1, 0.15) is 5.76 Å². The van der Waals surface area contributed by atoms with Crippen LogP contribution in [0.2, 0.25) is 0 Å². The maximum atomic E-state index is 12.1. The minimum atomic E-state index is -3.56. The van der Waals surface area contributed by atoms with Gasteiger partial charge in [-0.2, -0.15) is 0 Å². The van der Waals surface area contributed by atoms with Gasteiger partial charge in [0, 0.05) is 19.0 Å². The lowest BCUT2D eigenvalue weighted by atomic mass is 10.3. The molecule has 0 fully saturated rings. The summed E-state index contributed by atoms with van der Waals surface area (Å²) < 4.78 is 42.2. The molecule has 0 unspecified atom stereocenters. The topological polar surface area (TPSA) is 77.8 Å². The van der Waals surface area contributed by atoms with Crippen LogP contribution >= 0.6 is 0 Å². The van der Waals surface area contributed by atoms with E-state index in [0.29, 0.717) is 17.9 Å². The van der Waals surface area contributed by atoms with Gasteiger partial charge in [0.2, 0.25) is 16.8 Å². The van der Waals surface area contributed by atoms with Crippen LogP contribution in [-0.4, -0.2) is 21.8 Å². The maximum Gasteiger partial charge on any atom is 0.240 e. The first-order valence-electron chi connectivity index (χ1n) is 6.07. The molecule has 106 valence electrons. The van der Waals surface area contributed by atoms with Crippen LogP contribution < -0.4 is 14.2 Å². The number of fused-ring (bicyclic) bond motifs is 1. The average molecular weight is 295 g/mol. The molecule has 3 rings (SSSR count). The van der Waals surface area contributed by atoms with Crippen molar-refractivity contribution in [2.75, 3.05) is 13.3 Å². The first-order chi connectivity index (χ1) is 9.65. The summed E-state index contributed by atoms with van der Waals surface area (Å²) in [4.78, 5) is 0.154. The van der Waals surface area contributed by atoms with Gasteiger partial charge in [-0.05, 0) is 24.3 Å². The third kappa shape index (κ3) is 2.63. The third-order valence-corrected chi connectivity index (χ3v) is 4.36. The second-order valence-corrected chi connectivity index (χ2v) is 6.01. The predicted octanol–water partition coefficient (Wildman–Crippen LogP) is 1.53. The van der Waals surface area contributed by atoms with E-state index in [4.69, 9.17) is 13.9 Å². The highest BCUT2D eigenvalue weighted by Gasteiger charge is 2.19. The molecular weight excluding hydrogens is 282 g/mol. The summed E-state index contributed by atoms with van der Waals surface area (Å²) in [5.74, 6) is 1.73. The van der Waals surface area contributed by atoms with Gasteiger partial charge in [-0.15, -0.1) is 0 Å². The van der Waals surface area contributed by atoms with Gasteiger partial charge in [0.05, 0.1) is 11.2 Å². The van der Waals surface area contributed by atoms with Crippen molar-refractivity contribution in [3.63, 3.8) is 0 Å². The van der Waals surface area contributed by atoms with Crippen molar-refractivity contribution < 1.29 is 22.3 Å². The molecule has 2 aromatic rings. The Morgan fingerprint density at radius 1 is 1.15 bits per heavy atom. The summed E-state index contributed by atoms with van der Waals surface area (Å²) in [6, 6.07) is 8.10. The highest BCUT2D eigenvalue weighted by atomic mass is 32.2. The molecule has 1 aromatic carbocycles. The van der Waals surface area contributed by atoms with Gasteiger partial charge in [0.25, 0.3) is 0 Å². The number of rotatable bonds is 5. The monoisotopic (exact) mass is 295 g/mol. The molecule has 0 amide bonds. The van der Waals surface area contributed by atoms with Crippen molar-refractivity contribution in [2.24, 2.45) is 0 Å². The second kappa shape index (κ2) is 5.18. The van der Waals surface area contributed by atoms with Crippen LogP contribution in [0.25, 0.3) is 0 Å². The van der Waals surface area contributed by atoms with Crippen LogP contribution in [-0.2, 0) is 16.4 Å². The Kier molecular flexibility index (Phi) is 3.37. The lowest BCUT2D eigenvalue weighted by Crippen LogP contribution is -2.25. The molecule has 0 bridgehead atoms. The van der Waals surface area contributed by atoms with Gasteiger partial charge in [0.15, 0.2) is 11.5 Å². The fraction of sp³-hybridized carbons (Fsp3) is 0.231. The summed E-state index contributed by atoms with van der Waals surface area (Å²) in [7, 11) is -3.56. The standard InChI is InChI=1S/C13H13NO5S/c15-20(16,14-6-5-10-2-1-7-17-10)11-3-4-12-13(8-11)19-9-18-12/h1-4,7-8,14H,5-6,9H2. The van der Waals surface area contributed by atoms with E-state index in [1.54, 1.807) is 24.5 Å². The van der Waals surface area contributed by atoms with Crippen molar-refractivity contribution in [1.82, 2.24) is 4.72 Å². The summed E-state index contributed by atoms with van der Waals surface area (Å²) >= 11 is 0. The SMILES string of the molecule is O=S(=O)(NCCc1ccco1)c1ccc2c(c1)OCO2. The first kappa shape index (κ1) is 13.0. The number of hydrogen-bond donors (Lipinski definition) is 1. The molecule has 1 N–H and O–H groups in total. The van der Waals surface area contributed by atoms with Crippen molar-refractivity contribution in [3.05, 3.63) is 42.4 Å². The maximum absolute atomic E-state index is 12.1. The molecule has 0 atom stereocenters. The molecule has 1 aromatic heterocycles. The fourth-order valence-corrected chi connectivity index (χ4v) is 2.94. The zero-order chi connectivity index (χ0) is 14.0. The van der Waals surface area contributed by atoms with E-state index in [1.807, 2.05) is 0 Å². The fourth-order valence-electron chi connectivity index (χ4n) is 1.89. The van der Waals surface area contributed by atoms with Crippen LogP contribution in [0.3, 0.4) is 0 Å². The van der Waals surface area contributed by atoms with E-state index < -0.39 is 10.0 Å². The molecule has 0 saturated carbocycles. The van der Waals surface area contributed by atoms with E-state index in [1.165, 1.54) is 12.1 Å². The smallest absolute Gasteiger partial charge is 0.240 e. The Morgan fingerprint density at radius 3 is 2.80 bits per heavy atom. The Bertz CT molecular complexity index is 694. The molecule has 1 aliphatic rings. The lowest BCUT2D eigenvalue weighted by Gasteiger charge is -2.06. The summed E-state index contributed by atoms with van der Waals surface area (Å²) in [5.41, 5.74) is 0. The van der Waals surface area contributed by atoms with Crippen LogP contribution in [0.15, 0.2) is 45.9 Å². The van der Waals surface area contributed by atoms with E-state index in [0.717, 1.165) is 5.76 Å². The molecule has 0 saturated heterocycles. The highest BCUT2D eigenvalue weighted by molar-refractivity contribution is 7.89. The quantitative estimate of drug-likeness (QED) is 0.905. The van der Waals surface area contributed by atoms with Crippen molar-refractivity contribution in [1.29, 1.82) is 0 Å². The molecule has 0 spiro atoms. The van der Waals surface area contributed by atoms with Crippen LogP contribution in [0.5, 0.6) is 11.5 Å². The molecular formula is C13H13NO5S. The van der Waals surface area contributed by atoms with Crippen molar-refractivity contribution in [2.45, 2.75) is 11.3 Å². The van der Waals surface area contributed by atoms with E-state index in [-0.39, 0.29) is 18.2 Å². The first-order valence-corrected chi connectivity index (χ1v) is 7.55. The molecule has 0 aliphatic carbocycles. The number of hydrogen-bond acceptors (Lipinski definition) is 5. The number of ether oxygens (including phenoxy) is 2. The molecule has 0 radical (unpaired) electrons. The number of benzene rings is 1. The number of nitrogens with one attached hydrogen (secondary N) is 1. The average Bonchev–Trinajstić information content (AvgIpc) is 3.08. The number of furan rings is 1. The van der Waals surface area contributed by atoms with Gasteiger partial charge >= 0.3 is 0 Å². The van der Waals surface area contributed by atoms with Crippen LogP contribution in [0, 0.1) is 0 Å². The van der Waals surface area contributed by atoms with Crippen LogP contribution in [0.4, 0.5) is 0 Å². The normalized spacial score (nSPS) is 13.6. The minimum absolute atomic E-state index is 0.116. The molecule has 6 nitrogen and oxygen atoms in total. The Labute approximate surface area is 116 Å². The van der Waals surface area contributed by atoms with Gasteiger partial charge in [-0.3, -0.25) is 0 Å². The summed E-state index contributed by atoms with van der Waals surface area (Å²) in [6.07, 6.45) is 2.05.